The Morgan fingerprint density at radius 1 is 1.47 bits per heavy atom. The second-order valence-electron chi connectivity index (χ2n) is 4.82. The molecule has 100 valence electrons. The van der Waals surface area contributed by atoms with Crippen LogP contribution in [0.2, 0.25) is 0 Å². The van der Waals surface area contributed by atoms with Gasteiger partial charge in [-0.25, -0.2) is 0 Å². The van der Waals surface area contributed by atoms with Gasteiger partial charge in [0.05, 0.1) is 12.1 Å². The zero-order valence-corrected chi connectivity index (χ0v) is 10.8. The first-order valence-electron chi connectivity index (χ1n) is 6.10. The molecule has 0 radical (unpaired) electrons. The number of para-hydroxylation sites is 1. The van der Waals surface area contributed by atoms with Crippen molar-refractivity contribution in [2.24, 2.45) is 5.73 Å². The van der Waals surface area contributed by atoms with E-state index in [1.807, 2.05) is 30.5 Å². The molecule has 5 nitrogen and oxygen atoms in total. The second kappa shape index (κ2) is 5.24. The van der Waals surface area contributed by atoms with Crippen LogP contribution in [0.4, 0.5) is 0 Å². The highest BCUT2D eigenvalue weighted by Crippen LogP contribution is 2.21. The molecule has 1 aromatic carbocycles. The molecule has 4 N–H and O–H groups in total. The molecule has 1 aromatic heterocycles. The third-order valence-corrected chi connectivity index (χ3v) is 3.10. The van der Waals surface area contributed by atoms with E-state index in [1.165, 1.54) is 0 Å². The molecule has 5 heteroatoms. The molecule has 0 aliphatic carbocycles. The van der Waals surface area contributed by atoms with Gasteiger partial charge in [-0.3, -0.25) is 4.79 Å². The van der Waals surface area contributed by atoms with Crippen molar-refractivity contribution in [3.05, 3.63) is 36.0 Å². The molecule has 19 heavy (non-hydrogen) atoms. The lowest BCUT2D eigenvalue weighted by Gasteiger charge is -2.24. The van der Waals surface area contributed by atoms with Crippen molar-refractivity contribution in [1.29, 1.82) is 0 Å². The van der Waals surface area contributed by atoms with E-state index in [1.54, 1.807) is 6.92 Å². The third-order valence-electron chi connectivity index (χ3n) is 3.10. The van der Waals surface area contributed by atoms with Crippen LogP contribution in [0.5, 0.6) is 0 Å². The van der Waals surface area contributed by atoms with E-state index in [-0.39, 0.29) is 12.5 Å². The van der Waals surface area contributed by atoms with Crippen LogP contribution in [0, 0.1) is 0 Å². The largest absolute Gasteiger partial charge is 0.361 e. The average Bonchev–Trinajstić information content (AvgIpc) is 2.82. The molecule has 0 spiro atoms. The van der Waals surface area contributed by atoms with Crippen LogP contribution in [0.1, 0.15) is 12.5 Å². The summed E-state index contributed by atoms with van der Waals surface area (Å²) in [7, 11) is 0. The number of H-pyrrole nitrogens is 1. The molecule has 1 heterocycles. The van der Waals surface area contributed by atoms with E-state index in [0.717, 1.165) is 22.8 Å². The summed E-state index contributed by atoms with van der Waals surface area (Å²) in [6.45, 7) is 1.56. The Morgan fingerprint density at radius 3 is 2.89 bits per heavy atom. The molecule has 2 rings (SSSR count). The molecule has 0 unspecified atom stereocenters. The van der Waals surface area contributed by atoms with E-state index in [0.29, 0.717) is 6.42 Å². The second-order valence-corrected chi connectivity index (χ2v) is 4.82. The first-order chi connectivity index (χ1) is 9.08. The Balaban J connectivity index is 2.27. The molecular weight excluding hydrogens is 242 g/mol. The minimum atomic E-state index is -0.943. The van der Waals surface area contributed by atoms with Crippen LogP contribution in [0.25, 0.3) is 10.9 Å². The van der Waals surface area contributed by atoms with E-state index >= 15 is 0 Å². The fourth-order valence-corrected chi connectivity index (χ4v) is 2.16. The minimum Gasteiger partial charge on any atom is -0.361 e. The van der Waals surface area contributed by atoms with Crippen molar-refractivity contribution in [3.63, 3.8) is 0 Å². The van der Waals surface area contributed by atoms with Gasteiger partial charge in [-0.15, -0.1) is 0 Å². The van der Waals surface area contributed by atoms with Gasteiger partial charge in [0.25, 0.3) is 0 Å². The lowest BCUT2D eigenvalue weighted by Crippen LogP contribution is -2.51. The van der Waals surface area contributed by atoms with Crippen molar-refractivity contribution in [3.8, 4) is 0 Å². The van der Waals surface area contributed by atoms with E-state index < -0.39 is 5.54 Å². The maximum Gasteiger partial charge on any atom is 0.234 e. The highest BCUT2D eigenvalue weighted by atomic mass is 16.2. The van der Waals surface area contributed by atoms with Gasteiger partial charge in [0.15, 0.2) is 0 Å². The van der Waals surface area contributed by atoms with Crippen molar-refractivity contribution in [1.82, 2.24) is 10.3 Å². The summed E-state index contributed by atoms with van der Waals surface area (Å²) in [5.74, 6) is -0.338. The molecule has 0 aliphatic heterocycles. The third kappa shape index (κ3) is 2.82. The molecule has 1 amide bonds. The van der Waals surface area contributed by atoms with Crippen LogP contribution >= 0.6 is 0 Å². The smallest absolute Gasteiger partial charge is 0.234 e. The highest BCUT2D eigenvalue weighted by molar-refractivity contribution is 5.86. The van der Waals surface area contributed by atoms with E-state index in [2.05, 4.69) is 10.3 Å². The monoisotopic (exact) mass is 259 g/mol. The normalized spacial score (nSPS) is 14.0. The number of nitrogens with one attached hydrogen (secondary N) is 2. The zero-order chi connectivity index (χ0) is 13.9. The number of carbonyl (C=O) groups is 2. The van der Waals surface area contributed by atoms with E-state index in [4.69, 9.17) is 5.73 Å². The molecule has 0 saturated heterocycles. The summed E-state index contributed by atoms with van der Waals surface area (Å²) in [6, 6.07) is 7.83. The SMILES string of the molecule is C[C@@](C=O)(Cc1c[nH]c2ccccc12)NC(=O)CN. The lowest BCUT2D eigenvalue weighted by atomic mass is 9.94. The summed E-state index contributed by atoms with van der Waals surface area (Å²) in [5, 5.41) is 3.70. The van der Waals surface area contributed by atoms with Gasteiger partial charge in [0, 0.05) is 23.5 Å². The summed E-state index contributed by atoms with van der Waals surface area (Å²) >= 11 is 0. The van der Waals surface area contributed by atoms with Crippen LogP contribution in [-0.4, -0.2) is 29.3 Å². The predicted molar refractivity (Wildman–Crippen MR) is 73.7 cm³/mol. The van der Waals surface area contributed by atoms with E-state index in [9.17, 15) is 9.59 Å². The Hall–Kier alpha value is -2.14. The number of hydrogen-bond donors (Lipinski definition) is 3. The van der Waals surface area contributed by atoms with Crippen molar-refractivity contribution >= 4 is 23.1 Å². The highest BCUT2D eigenvalue weighted by Gasteiger charge is 2.26. The summed E-state index contributed by atoms with van der Waals surface area (Å²) in [6.07, 6.45) is 3.04. The van der Waals surface area contributed by atoms with Crippen molar-refractivity contribution in [2.75, 3.05) is 6.54 Å². The summed E-state index contributed by atoms with van der Waals surface area (Å²) in [5.41, 5.74) is 6.32. The molecule has 1 atom stereocenters. The van der Waals surface area contributed by atoms with Gasteiger partial charge in [-0.1, -0.05) is 18.2 Å². The molecule has 0 aliphatic rings. The first kappa shape index (κ1) is 13.3. The van der Waals surface area contributed by atoms with Gasteiger partial charge in [-0.05, 0) is 18.6 Å². The van der Waals surface area contributed by atoms with Crippen molar-refractivity contribution < 1.29 is 9.59 Å². The number of aromatic amines is 1. The molecular formula is C14H17N3O2. The number of carbonyl (C=O) groups excluding carboxylic acids is 2. The Bertz CT molecular complexity index is 606. The van der Waals surface area contributed by atoms with Crippen LogP contribution < -0.4 is 11.1 Å². The number of aromatic nitrogens is 1. The Morgan fingerprint density at radius 2 is 2.21 bits per heavy atom. The molecule has 0 fully saturated rings. The van der Waals surface area contributed by atoms with Crippen LogP contribution in [0.3, 0.4) is 0 Å². The fourth-order valence-electron chi connectivity index (χ4n) is 2.16. The minimum absolute atomic E-state index is 0.128. The quantitative estimate of drug-likeness (QED) is 0.692. The number of hydrogen-bond acceptors (Lipinski definition) is 3. The Kier molecular flexibility index (Phi) is 3.66. The number of fused-ring (bicyclic) bond motifs is 1. The number of nitrogens with two attached hydrogens (primary N) is 1. The molecule has 0 bridgehead atoms. The first-order valence-corrected chi connectivity index (χ1v) is 6.10. The standard InChI is InChI=1S/C14H17N3O2/c1-14(9-18,17-13(19)7-15)6-10-8-16-12-5-3-2-4-11(10)12/h2-5,8-9,16H,6-7,15H2,1H3,(H,17,19)/t14-/m0/s1. The zero-order valence-electron chi connectivity index (χ0n) is 10.8. The summed E-state index contributed by atoms with van der Waals surface area (Å²) in [4.78, 5) is 25.8. The number of rotatable bonds is 5. The Labute approximate surface area is 111 Å². The summed E-state index contributed by atoms with van der Waals surface area (Å²) < 4.78 is 0. The number of amides is 1. The maximum absolute atomic E-state index is 11.4. The van der Waals surface area contributed by atoms with Gasteiger partial charge >= 0.3 is 0 Å². The lowest BCUT2D eigenvalue weighted by molar-refractivity contribution is -0.125. The number of aldehydes is 1. The number of benzene rings is 1. The van der Waals surface area contributed by atoms with Crippen LogP contribution in [0.15, 0.2) is 30.5 Å². The van der Waals surface area contributed by atoms with Gasteiger partial charge < -0.3 is 20.8 Å². The van der Waals surface area contributed by atoms with Gasteiger partial charge in [0.2, 0.25) is 5.91 Å². The van der Waals surface area contributed by atoms with Gasteiger partial charge in [0.1, 0.15) is 6.29 Å². The average molecular weight is 259 g/mol. The predicted octanol–water partition coefficient (Wildman–Crippen LogP) is 0.743. The molecule has 2 aromatic rings. The fraction of sp³-hybridized carbons (Fsp3) is 0.286. The van der Waals surface area contributed by atoms with Crippen LogP contribution in [-0.2, 0) is 16.0 Å². The van der Waals surface area contributed by atoms with Crippen molar-refractivity contribution in [2.45, 2.75) is 18.9 Å². The maximum atomic E-state index is 11.4. The molecule has 0 saturated carbocycles. The van der Waals surface area contributed by atoms with Gasteiger partial charge in [-0.2, -0.15) is 0 Å². The topological polar surface area (TPSA) is 88.0 Å².